The van der Waals surface area contributed by atoms with Crippen LogP contribution in [-0.2, 0) is 10.9 Å². The molecule has 32 heavy (non-hydrogen) atoms. The van der Waals surface area contributed by atoms with E-state index in [1.54, 1.807) is 17.7 Å². The molecule has 8 nitrogen and oxygen atoms in total. The van der Waals surface area contributed by atoms with Gasteiger partial charge in [0.15, 0.2) is 0 Å². The summed E-state index contributed by atoms with van der Waals surface area (Å²) in [5, 5.41) is 3.04. The van der Waals surface area contributed by atoms with Crippen molar-refractivity contribution in [3.05, 3.63) is 60.3 Å². The first-order valence-electron chi connectivity index (χ1n) is 9.59. The molecule has 0 bridgehead atoms. The molecular formula is C20H18F4N6O2. The monoisotopic (exact) mass is 450 g/mol. The number of anilines is 2. The van der Waals surface area contributed by atoms with Crippen molar-refractivity contribution in [3.8, 4) is 5.69 Å². The molecule has 1 aliphatic heterocycles. The number of cyclic esters (lactones) is 1. The molecule has 0 saturated carbocycles. The van der Waals surface area contributed by atoms with E-state index >= 15 is 0 Å². The van der Waals surface area contributed by atoms with E-state index in [2.05, 4.69) is 20.3 Å². The Morgan fingerprint density at radius 2 is 1.97 bits per heavy atom. The molecule has 0 radical (unpaired) electrons. The predicted octanol–water partition coefficient (Wildman–Crippen LogP) is 4.15. The number of alkyl halides is 4. The topological polar surface area (TPSA) is 85.2 Å². The van der Waals surface area contributed by atoms with Crippen molar-refractivity contribution >= 4 is 17.9 Å². The smallest absolute Gasteiger partial charge is 0.416 e. The van der Waals surface area contributed by atoms with Crippen molar-refractivity contribution < 1.29 is 27.1 Å². The molecule has 1 saturated heterocycles. The highest BCUT2D eigenvalue weighted by atomic mass is 19.4. The van der Waals surface area contributed by atoms with E-state index in [9.17, 15) is 22.4 Å². The number of nitrogens with zero attached hydrogens (tertiary/aromatic N) is 5. The molecule has 0 aliphatic carbocycles. The molecule has 0 unspecified atom stereocenters. The third-order valence-electron chi connectivity index (χ3n) is 4.91. The van der Waals surface area contributed by atoms with Gasteiger partial charge in [-0.2, -0.15) is 18.2 Å². The number of ether oxygens (including phenoxy) is 1. The molecule has 4 rings (SSSR count). The average Bonchev–Trinajstić information content (AvgIpc) is 3.40. The lowest BCUT2D eigenvalue weighted by Crippen LogP contribution is -2.35. The van der Waals surface area contributed by atoms with Gasteiger partial charge in [-0.25, -0.2) is 19.2 Å². The van der Waals surface area contributed by atoms with E-state index < -0.39 is 30.5 Å². The number of hydrogen-bond acceptors (Lipinski definition) is 6. The standard InChI is InChI=1S/C20H18F4N6O2/c1-12(16-9-29(11-26-16)14-4-2-13(3-5-14)20(22,23)24)27-18-25-7-6-17(28-18)30-15(8-21)10-32-19(30)31/h2-7,9,11-12,15H,8,10H2,1H3,(H,25,27,28)/t12-,15-/m0/s1. The van der Waals surface area contributed by atoms with E-state index in [4.69, 9.17) is 4.74 Å². The van der Waals surface area contributed by atoms with Gasteiger partial charge in [0, 0.05) is 18.1 Å². The minimum absolute atomic E-state index is 0.0557. The Balaban J connectivity index is 1.48. The summed E-state index contributed by atoms with van der Waals surface area (Å²) in [6.07, 6.45) is -0.498. The number of nitrogens with one attached hydrogen (secondary N) is 1. The molecule has 168 valence electrons. The van der Waals surface area contributed by atoms with Crippen molar-refractivity contribution in [2.45, 2.75) is 25.2 Å². The Labute approximate surface area is 179 Å². The van der Waals surface area contributed by atoms with Crippen molar-refractivity contribution in [2.24, 2.45) is 0 Å². The molecule has 1 amide bonds. The molecule has 3 heterocycles. The van der Waals surface area contributed by atoms with Crippen LogP contribution in [-0.4, -0.2) is 44.9 Å². The van der Waals surface area contributed by atoms with Gasteiger partial charge in [0.05, 0.1) is 23.6 Å². The fourth-order valence-corrected chi connectivity index (χ4v) is 3.20. The maximum absolute atomic E-state index is 13.2. The van der Waals surface area contributed by atoms with Gasteiger partial charge in [0.1, 0.15) is 25.1 Å². The molecule has 3 aromatic rings. The van der Waals surface area contributed by atoms with Gasteiger partial charge < -0.3 is 14.6 Å². The fraction of sp³-hybridized carbons (Fsp3) is 0.300. The fourth-order valence-electron chi connectivity index (χ4n) is 3.20. The summed E-state index contributed by atoms with van der Waals surface area (Å²) in [6.45, 7) is 0.972. The van der Waals surface area contributed by atoms with Gasteiger partial charge in [-0.15, -0.1) is 0 Å². The first-order valence-corrected chi connectivity index (χ1v) is 9.59. The maximum atomic E-state index is 13.2. The van der Waals surface area contributed by atoms with Crippen LogP contribution in [0.4, 0.5) is 34.1 Å². The zero-order chi connectivity index (χ0) is 22.9. The zero-order valence-corrected chi connectivity index (χ0v) is 16.8. The molecule has 1 aromatic carbocycles. The van der Waals surface area contributed by atoms with Gasteiger partial charge in [-0.05, 0) is 37.3 Å². The Morgan fingerprint density at radius 3 is 2.66 bits per heavy atom. The maximum Gasteiger partial charge on any atom is 0.416 e. The number of halogens is 4. The third-order valence-corrected chi connectivity index (χ3v) is 4.91. The quantitative estimate of drug-likeness (QED) is 0.568. The number of benzene rings is 1. The largest absolute Gasteiger partial charge is 0.447 e. The lowest BCUT2D eigenvalue weighted by molar-refractivity contribution is -0.137. The molecule has 0 spiro atoms. The number of aromatic nitrogens is 4. The van der Waals surface area contributed by atoms with E-state index in [0.717, 1.165) is 17.0 Å². The highest BCUT2D eigenvalue weighted by Gasteiger charge is 2.35. The van der Waals surface area contributed by atoms with Crippen molar-refractivity contribution in [1.29, 1.82) is 0 Å². The number of hydrogen-bond donors (Lipinski definition) is 1. The third kappa shape index (κ3) is 4.34. The van der Waals surface area contributed by atoms with Crippen molar-refractivity contribution in [1.82, 2.24) is 19.5 Å². The molecule has 1 fully saturated rings. The number of amides is 1. The molecule has 1 aliphatic rings. The summed E-state index contributed by atoms with van der Waals surface area (Å²) in [5.74, 6) is 0.395. The minimum atomic E-state index is -4.40. The molecule has 2 aromatic heterocycles. The Bertz CT molecular complexity index is 1100. The first kappa shape index (κ1) is 21.5. The van der Waals surface area contributed by atoms with E-state index in [-0.39, 0.29) is 24.4 Å². The second kappa shape index (κ2) is 8.44. The lowest BCUT2D eigenvalue weighted by Gasteiger charge is -2.19. The minimum Gasteiger partial charge on any atom is -0.447 e. The summed E-state index contributed by atoms with van der Waals surface area (Å²) in [6, 6.07) is 5.08. The summed E-state index contributed by atoms with van der Waals surface area (Å²) in [4.78, 5) is 25.7. The summed E-state index contributed by atoms with van der Waals surface area (Å²) >= 11 is 0. The highest BCUT2D eigenvalue weighted by molar-refractivity contribution is 5.89. The van der Waals surface area contributed by atoms with Crippen LogP contribution in [0.25, 0.3) is 5.69 Å². The van der Waals surface area contributed by atoms with Crippen molar-refractivity contribution in [3.63, 3.8) is 0 Å². The van der Waals surface area contributed by atoms with Gasteiger partial charge in [-0.1, -0.05) is 0 Å². The molecule has 12 heteroatoms. The van der Waals surface area contributed by atoms with Crippen LogP contribution in [0, 0.1) is 0 Å². The van der Waals surface area contributed by atoms with Crippen LogP contribution in [0.3, 0.4) is 0 Å². The average molecular weight is 450 g/mol. The second-order valence-corrected chi connectivity index (χ2v) is 7.11. The van der Waals surface area contributed by atoms with E-state index in [1.807, 2.05) is 0 Å². The Kier molecular flexibility index (Phi) is 5.68. The first-order chi connectivity index (χ1) is 15.3. The second-order valence-electron chi connectivity index (χ2n) is 7.11. The van der Waals surface area contributed by atoms with Crippen LogP contribution in [0.5, 0.6) is 0 Å². The number of carbonyl (C=O) groups excluding carboxylic acids is 1. The van der Waals surface area contributed by atoms with Crippen LogP contribution in [0.1, 0.15) is 24.2 Å². The summed E-state index contributed by atoms with van der Waals surface area (Å²) in [5.41, 5.74) is 0.374. The van der Waals surface area contributed by atoms with Gasteiger partial charge >= 0.3 is 12.3 Å². The van der Waals surface area contributed by atoms with Crippen molar-refractivity contribution in [2.75, 3.05) is 23.5 Å². The van der Waals surface area contributed by atoms with Crippen LogP contribution in [0.2, 0.25) is 0 Å². The highest BCUT2D eigenvalue weighted by Crippen LogP contribution is 2.30. The zero-order valence-electron chi connectivity index (χ0n) is 16.8. The van der Waals surface area contributed by atoms with Crippen LogP contribution >= 0.6 is 0 Å². The number of carbonyl (C=O) groups is 1. The molecule has 1 N–H and O–H groups in total. The number of rotatable bonds is 6. The summed E-state index contributed by atoms with van der Waals surface area (Å²) in [7, 11) is 0. The molecule has 2 atom stereocenters. The van der Waals surface area contributed by atoms with E-state index in [1.165, 1.54) is 30.7 Å². The van der Waals surface area contributed by atoms with E-state index in [0.29, 0.717) is 11.4 Å². The van der Waals surface area contributed by atoms with Crippen LogP contribution in [0.15, 0.2) is 49.1 Å². The number of imidazole rings is 1. The van der Waals surface area contributed by atoms with Gasteiger partial charge in [-0.3, -0.25) is 4.90 Å². The normalized spacial score (nSPS) is 17.3. The lowest BCUT2D eigenvalue weighted by atomic mass is 10.2. The predicted molar refractivity (Wildman–Crippen MR) is 106 cm³/mol. The van der Waals surface area contributed by atoms with Crippen LogP contribution < -0.4 is 10.2 Å². The van der Waals surface area contributed by atoms with Gasteiger partial charge in [0.25, 0.3) is 0 Å². The Morgan fingerprint density at radius 1 is 1.22 bits per heavy atom. The SMILES string of the molecule is C[C@H](Nc1nccc(N2C(=O)OC[C@@H]2CF)n1)c1cn(-c2ccc(C(F)(F)F)cc2)cn1. The Hall–Kier alpha value is -3.70. The summed E-state index contributed by atoms with van der Waals surface area (Å²) < 4.78 is 57.9. The molecular weight excluding hydrogens is 432 g/mol. The van der Waals surface area contributed by atoms with Gasteiger partial charge in [0.2, 0.25) is 5.95 Å².